The molecule has 0 radical (unpaired) electrons. The molecule has 0 aliphatic heterocycles. The fourth-order valence-corrected chi connectivity index (χ4v) is 0.940. The fourth-order valence-electron chi connectivity index (χ4n) is 0.940. The van der Waals surface area contributed by atoms with Gasteiger partial charge < -0.3 is 5.32 Å². The van der Waals surface area contributed by atoms with Crippen molar-refractivity contribution in [3.63, 3.8) is 0 Å². The summed E-state index contributed by atoms with van der Waals surface area (Å²) in [7, 11) is 0. The Hall–Kier alpha value is -1.72. The van der Waals surface area contributed by atoms with Gasteiger partial charge >= 0.3 is 0 Å². The molecule has 0 atom stereocenters. The highest BCUT2D eigenvalue weighted by atomic mass is 16.1. The zero-order valence-electron chi connectivity index (χ0n) is 14.1. The summed E-state index contributed by atoms with van der Waals surface area (Å²) in [6.45, 7) is 15.5. The van der Waals surface area contributed by atoms with Crippen LogP contribution in [-0.4, -0.2) is 26.7 Å². The zero-order valence-corrected chi connectivity index (χ0v) is 14.1. The van der Waals surface area contributed by atoms with Gasteiger partial charge in [0.15, 0.2) is 5.78 Å². The Kier molecular flexibility index (Phi) is 20.2. The zero-order chi connectivity index (χ0) is 16.6. The monoisotopic (exact) mass is 286 g/mol. The fraction of sp³-hybridized carbons (Fsp3) is 0.714. The number of nitrogens with zero attached hydrogens (tertiary/aromatic N) is 3. The maximum absolute atomic E-state index is 10.7. The molecule has 0 unspecified atom stereocenters. The van der Waals surface area contributed by atoms with Crippen molar-refractivity contribution in [2.75, 3.05) is 0 Å². The summed E-state index contributed by atoms with van der Waals surface area (Å²) in [5.74, 6) is -0.105. The minimum absolute atomic E-state index is 0.0148. The van der Waals surface area contributed by atoms with Gasteiger partial charge in [-0.25, -0.2) is 4.68 Å². The van der Waals surface area contributed by atoms with Crippen LogP contribution in [0.2, 0.25) is 0 Å². The molecule has 1 rings (SSSR count). The molecular formula is C14H30N4O2. The quantitative estimate of drug-likeness (QED) is 0.923. The molecule has 0 aromatic carbocycles. The van der Waals surface area contributed by atoms with Crippen LogP contribution in [0.5, 0.6) is 0 Å². The van der Waals surface area contributed by atoms with Gasteiger partial charge in [-0.05, 0) is 6.92 Å². The number of hydrogen-bond acceptors (Lipinski definition) is 4. The van der Waals surface area contributed by atoms with E-state index < -0.39 is 0 Å². The Morgan fingerprint density at radius 2 is 1.60 bits per heavy atom. The molecule has 20 heavy (non-hydrogen) atoms. The van der Waals surface area contributed by atoms with Gasteiger partial charge in [-0.3, -0.25) is 9.59 Å². The summed E-state index contributed by atoms with van der Waals surface area (Å²) in [5, 5.41) is 10.1. The first-order valence-electron chi connectivity index (χ1n) is 7.21. The third kappa shape index (κ3) is 14.3. The summed E-state index contributed by atoms with van der Waals surface area (Å²) in [6.07, 6.45) is 1.64. The standard InChI is InChI=1S/C8H12N4O2.3C2H6/c1-6(13)4-12-5-8(10-11-12)3-9-7(2)14;3*1-2/h5H,3-4H2,1-2H3,(H,9,14);3*1-2H3. The van der Waals surface area contributed by atoms with E-state index in [1.54, 1.807) is 6.20 Å². The maximum atomic E-state index is 10.7. The van der Waals surface area contributed by atoms with E-state index in [1.807, 2.05) is 41.5 Å². The second-order valence-electron chi connectivity index (χ2n) is 3.02. The first-order chi connectivity index (χ1) is 9.58. The topological polar surface area (TPSA) is 76.9 Å². The van der Waals surface area contributed by atoms with E-state index in [2.05, 4.69) is 15.6 Å². The lowest BCUT2D eigenvalue weighted by molar-refractivity contribution is -0.119. The molecule has 0 bridgehead atoms. The van der Waals surface area contributed by atoms with Gasteiger partial charge in [-0.2, -0.15) is 0 Å². The average molecular weight is 286 g/mol. The lowest BCUT2D eigenvalue weighted by Gasteiger charge is -1.95. The van der Waals surface area contributed by atoms with E-state index in [0.717, 1.165) is 0 Å². The summed E-state index contributed by atoms with van der Waals surface area (Å²) >= 11 is 0. The van der Waals surface area contributed by atoms with E-state index in [0.29, 0.717) is 12.2 Å². The van der Waals surface area contributed by atoms with Gasteiger partial charge in [-0.15, -0.1) is 5.10 Å². The number of Topliss-reactive ketones (excluding diaryl/α,β-unsaturated/α-hetero) is 1. The smallest absolute Gasteiger partial charge is 0.217 e. The molecule has 0 aliphatic carbocycles. The van der Waals surface area contributed by atoms with Crippen LogP contribution in [-0.2, 0) is 22.7 Å². The SMILES string of the molecule is CC.CC.CC.CC(=O)Cn1cc(CNC(C)=O)nn1. The maximum Gasteiger partial charge on any atom is 0.217 e. The van der Waals surface area contributed by atoms with Crippen molar-refractivity contribution in [2.45, 2.75) is 68.5 Å². The second kappa shape index (κ2) is 17.3. The first-order valence-corrected chi connectivity index (χ1v) is 7.21. The van der Waals surface area contributed by atoms with Gasteiger partial charge in [0.05, 0.1) is 12.7 Å². The number of aromatic nitrogens is 3. The molecule has 1 aromatic heterocycles. The molecule has 1 N–H and O–H groups in total. The number of hydrogen-bond donors (Lipinski definition) is 1. The highest BCUT2D eigenvalue weighted by Gasteiger charge is 2.02. The molecule has 0 fully saturated rings. The second-order valence-corrected chi connectivity index (χ2v) is 3.02. The Labute approximate surface area is 122 Å². The van der Waals surface area contributed by atoms with Gasteiger partial charge in [0.25, 0.3) is 0 Å². The minimum atomic E-state index is -0.119. The van der Waals surface area contributed by atoms with Gasteiger partial charge in [-0.1, -0.05) is 46.8 Å². The van der Waals surface area contributed by atoms with Crippen molar-refractivity contribution in [3.05, 3.63) is 11.9 Å². The predicted molar refractivity (Wildman–Crippen MR) is 82.3 cm³/mol. The minimum Gasteiger partial charge on any atom is -0.351 e. The molecule has 1 heterocycles. The molecule has 6 heteroatoms. The third-order valence-electron chi connectivity index (χ3n) is 1.49. The Morgan fingerprint density at radius 3 is 2.00 bits per heavy atom. The molecule has 0 saturated carbocycles. The van der Waals surface area contributed by atoms with Crippen LogP contribution in [0.15, 0.2) is 6.20 Å². The number of carbonyl (C=O) groups is 2. The van der Waals surface area contributed by atoms with E-state index in [-0.39, 0.29) is 18.2 Å². The van der Waals surface area contributed by atoms with E-state index in [9.17, 15) is 9.59 Å². The van der Waals surface area contributed by atoms with Crippen molar-refractivity contribution in [2.24, 2.45) is 0 Å². The van der Waals surface area contributed by atoms with Crippen LogP contribution in [0, 0.1) is 0 Å². The Balaban J connectivity index is -0.000000425. The number of carbonyl (C=O) groups excluding carboxylic acids is 2. The molecule has 1 amide bonds. The molecule has 0 saturated heterocycles. The number of amides is 1. The van der Waals surface area contributed by atoms with Crippen LogP contribution in [0.25, 0.3) is 0 Å². The number of nitrogens with one attached hydrogen (secondary N) is 1. The first kappa shape index (κ1) is 23.4. The van der Waals surface area contributed by atoms with Crippen LogP contribution >= 0.6 is 0 Å². The molecular weight excluding hydrogens is 256 g/mol. The largest absolute Gasteiger partial charge is 0.351 e. The highest BCUT2D eigenvalue weighted by Crippen LogP contribution is 1.92. The summed E-state index contributed by atoms with van der Waals surface area (Å²) < 4.78 is 1.44. The third-order valence-corrected chi connectivity index (χ3v) is 1.49. The molecule has 1 aromatic rings. The lowest BCUT2D eigenvalue weighted by atomic mass is 10.4. The lowest BCUT2D eigenvalue weighted by Crippen LogP contribution is -2.19. The highest BCUT2D eigenvalue weighted by molar-refractivity contribution is 5.75. The van der Waals surface area contributed by atoms with Gasteiger partial charge in [0.1, 0.15) is 12.2 Å². The van der Waals surface area contributed by atoms with E-state index >= 15 is 0 Å². The summed E-state index contributed by atoms with van der Waals surface area (Å²) in [4.78, 5) is 21.3. The van der Waals surface area contributed by atoms with Crippen molar-refractivity contribution < 1.29 is 9.59 Å². The summed E-state index contributed by atoms with van der Waals surface area (Å²) in [5.41, 5.74) is 0.640. The van der Waals surface area contributed by atoms with E-state index in [4.69, 9.17) is 0 Å². The van der Waals surface area contributed by atoms with Crippen molar-refractivity contribution in [3.8, 4) is 0 Å². The number of ketones is 1. The van der Waals surface area contributed by atoms with Gasteiger partial charge in [0, 0.05) is 6.92 Å². The van der Waals surface area contributed by atoms with Gasteiger partial charge in [0.2, 0.25) is 5.91 Å². The van der Waals surface area contributed by atoms with Crippen LogP contribution < -0.4 is 5.32 Å². The molecule has 6 nitrogen and oxygen atoms in total. The molecule has 118 valence electrons. The van der Waals surface area contributed by atoms with Crippen molar-refractivity contribution >= 4 is 11.7 Å². The molecule has 0 spiro atoms. The van der Waals surface area contributed by atoms with E-state index in [1.165, 1.54) is 18.5 Å². The normalized spacial score (nSPS) is 7.80. The Morgan fingerprint density at radius 1 is 1.10 bits per heavy atom. The average Bonchev–Trinajstić information content (AvgIpc) is 2.90. The van der Waals surface area contributed by atoms with Crippen molar-refractivity contribution in [1.82, 2.24) is 20.3 Å². The summed E-state index contributed by atoms with van der Waals surface area (Å²) in [6, 6.07) is 0. The predicted octanol–water partition coefficient (Wildman–Crippen LogP) is 2.58. The van der Waals surface area contributed by atoms with Crippen molar-refractivity contribution in [1.29, 1.82) is 0 Å². The Bertz CT molecular complexity index is 349. The van der Waals surface area contributed by atoms with Crippen LogP contribution in [0.3, 0.4) is 0 Å². The van der Waals surface area contributed by atoms with Crippen LogP contribution in [0.4, 0.5) is 0 Å². The van der Waals surface area contributed by atoms with Crippen LogP contribution in [0.1, 0.15) is 61.1 Å². The number of rotatable bonds is 4. The molecule has 0 aliphatic rings.